The number of hydrogen-bond acceptors (Lipinski definition) is 4. The predicted octanol–water partition coefficient (Wildman–Crippen LogP) is 2.24. The second-order valence-electron chi connectivity index (χ2n) is 5.30. The molecule has 0 aliphatic rings. The number of hydrogen-bond donors (Lipinski definition) is 0. The van der Waals surface area contributed by atoms with Crippen molar-refractivity contribution < 1.29 is 4.79 Å². The van der Waals surface area contributed by atoms with Crippen LogP contribution in [0.4, 0.5) is 0 Å². The van der Waals surface area contributed by atoms with Crippen molar-refractivity contribution in [3.63, 3.8) is 0 Å². The van der Waals surface area contributed by atoms with Crippen LogP contribution in [0.3, 0.4) is 0 Å². The molecule has 0 spiro atoms. The van der Waals surface area contributed by atoms with Gasteiger partial charge in [0.1, 0.15) is 0 Å². The standard InChI is InChI=1S/C17H17N5O/c1-13-18-19-20-22(13)16-11-7-6-10-15(16)17(23)21(2)12-14-8-4-3-5-9-14/h3-11H,12H2,1-2H3. The second kappa shape index (κ2) is 6.39. The van der Waals surface area contributed by atoms with E-state index in [1.807, 2.05) is 48.5 Å². The van der Waals surface area contributed by atoms with Gasteiger partial charge in [-0.25, -0.2) is 0 Å². The summed E-state index contributed by atoms with van der Waals surface area (Å²) in [6, 6.07) is 17.2. The first-order valence-corrected chi connectivity index (χ1v) is 7.30. The summed E-state index contributed by atoms with van der Waals surface area (Å²) in [6.07, 6.45) is 0. The van der Waals surface area contributed by atoms with Gasteiger partial charge >= 0.3 is 0 Å². The van der Waals surface area contributed by atoms with Crippen LogP contribution in [0.2, 0.25) is 0 Å². The zero-order chi connectivity index (χ0) is 16.2. The Morgan fingerprint density at radius 2 is 1.78 bits per heavy atom. The van der Waals surface area contributed by atoms with Crippen LogP contribution >= 0.6 is 0 Å². The highest BCUT2D eigenvalue weighted by Crippen LogP contribution is 2.17. The number of benzene rings is 2. The van der Waals surface area contributed by atoms with Gasteiger partial charge in [-0.3, -0.25) is 4.79 Å². The molecule has 23 heavy (non-hydrogen) atoms. The van der Waals surface area contributed by atoms with Crippen molar-refractivity contribution in [2.45, 2.75) is 13.5 Å². The maximum atomic E-state index is 12.8. The first-order chi connectivity index (χ1) is 11.2. The van der Waals surface area contributed by atoms with E-state index < -0.39 is 0 Å². The van der Waals surface area contributed by atoms with Crippen molar-refractivity contribution >= 4 is 5.91 Å². The SMILES string of the molecule is Cc1nnnn1-c1ccccc1C(=O)N(C)Cc1ccccc1. The highest BCUT2D eigenvalue weighted by molar-refractivity contribution is 5.97. The molecule has 3 aromatic rings. The molecular formula is C17H17N5O. The Morgan fingerprint density at radius 1 is 1.09 bits per heavy atom. The van der Waals surface area contributed by atoms with Gasteiger partial charge in [-0.05, 0) is 35.0 Å². The Kier molecular flexibility index (Phi) is 4.14. The first kappa shape index (κ1) is 14.9. The number of aromatic nitrogens is 4. The molecule has 0 radical (unpaired) electrons. The van der Waals surface area contributed by atoms with Crippen LogP contribution in [0.25, 0.3) is 5.69 Å². The third-order valence-corrected chi connectivity index (χ3v) is 3.60. The predicted molar refractivity (Wildman–Crippen MR) is 86.1 cm³/mol. The minimum atomic E-state index is -0.0700. The third-order valence-electron chi connectivity index (χ3n) is 3.60. The fourth-order valence-corrected chi connectivity index (χ4v) is 2.43. The Labute approximate surface area is 134 Å². The van der Waals surface area contributed by atoms with Gasteiger partial charge in [-0.2, -0.15) is 4.68 Å². The molecule has 0 aliphatic carbocycles. The molecule has 116 valence electrons. The Balaban J connectivity index is 1.90. The molecule has 1 heterocycles. The second-order valence-corrected chi connectivity index (χ2v) is 5.30. The van der Waals surface area contributed by atoms with E-state index in [1.54, 1.807) is 29.6 Å². The van der Waals surface area contributed by atoms with Crippen LogP contribution in [-0.4, -0.2) is 38.1 Å². The van der Waals surface area contributed by atoms with Gasteiger partial charge in [0.25, 0.3) is 5.91 Å². The third kappa shape index (κ3) is 3.11. The van der Waals surface area contributed by atoms with Gasteiger partial charge in [0, 0.05) is 13.6 Å². The lowest BCUT2D eigenvalue weighted by Gasteiger charge is -2.19. The summed E-state index contributed by atoms with van der Waals surface area (Å²) >= 11 is 0. The summed E-state index contributed by atoms with van der Waals surface area (Å²) in [5.74, 6) is 0.565. The molecule has 0 saturated heterocycles. The van der Waals surface area contributed by atoms with Crippen LogP contribution in [0, 0.1) is 6.92 Å². The number of amides is 1. The molecule has 0 saturated carbocycles. The molecule has 6 heteroatoms. The summed E-state index contributed by atoms with van der Waals surface area (Å²) in [5, 5.41) is 11.5. The average Bonchev–Trinajstić information content (AvgIpc) is 3.01. The van der Waals surface area contributed by atoms with E-state index in [1.165, 1.54) is 0 Å². The summed E-state index contributed by atoms with van der Waals surface area (Å²) < 4.78 is 1.57. The topological polar surface area (TPSA) is 63.9 Å². The van der Waals surface area contributed by atoms with Crippen LogP contribution in [0.1, 0.15) is 21.7 Å². The number of carbonyl (C=O) groups is 1. The van der Waals surface area contributed by atoms with E-state index in [2.05, 4.69) is 15.5 Å². The van der Waals surface area contributed by atoms with Crippen LogP contribution in [0.15, 0.2) is 54.6 Å². The summed E-state index contributed by atoms with van der Waals surface area (Å²) in [7, 11) is 1.79. The van der Waals surface area contributed by atoms with E-state index in [0.29, 0.717) is 23.6 Å². The van der Waals surface area contributed by atoms with Crippen molar-refractivity contribution in [3.05, 3.63) is 71.5 Å². The fourth-order valence-electron chi connectivity index (χ4n) is 2.43. The lowest BCUT2D eigenvalue weighted by Crippen LogP contribution is -2.27. The number of aryl methyl sites for hydroxylation is 1. The molecule has 0 bridgehead atoms. The quantitative estimate of drug-likeness (QED) is 0.741. The average molecular weight is 307 g/mol. The largest absolute Gasteiger partial charge is 0.337 e. The maximum Gasteiger partial charge on any atom is 0.256 e. The zero-order valence-corrected chi connectivity index (χ0v) is 13.0. The summed E-state index contributed by atoms with van der Waals surface area (Å²) in [6.45, 7) is 2.34. The molecule has 1 aromatic heterocycles. The van der Waals surface area contributed by atoms with E-state index in [9.17, 15) is 4.79 Å². The normalized spacial score (nSPS) is 10.5. The van der Waals surface area contributed by atoms with Crippen molar-refractivity contribution in [1.82, 2.24) is 25.1 Å². The van der Waals surface area contributed by atoms with Gasteiger partial charge in [0.2, 0.25) is 0 Å². The molecular weight excluding hydrogens is 290 g/mol. The molecule has 0 fully saturated rings. The van der Waals surface area contributed by atoms with Crippen LogP contribution < -0.4 is 0 Å². The Hall–Kier alpha value is -3.02. The van der Waals surface area contributed by atoms with Crippen molar-refractivity contribution in [1.29, 1.82) is 0 Å². The van der Waals surface area contributed by atoms with E-state index in [-0.39, 0.29) is 5.91 Å². The summed E-state index contributed by atoms with van der Waals surface area (Å²) in [4.78, 5) is 14.5. The maximum absolute atomic E-state index is 12.8. The van der Waals surface area contributed by atoms with Gasteiger partial charge in [0.05, 0.1) is 11.3 Å². The van der Waals surface area contributed by atoms with Gasteiger partial charge in [-0.1, -0.05) is 42.5 Å². The fraction of sp³-hybridized carbons (Fsp3) is 0.176. The molecule has 6 nitrogen and oxygen atoms in total. The minimum absolute atomic E-state index is 0.0700. The zero-order valence-electron chi connectivity index (χ0n) is 13.0. The smallest absolute Gasteiger partial charge is 0.256 e. The highest BCUT2D eigenvalue weighted by Gasteiger charge is 2.18. The van der Waals surface area contributed by atoms with Gasteiger partial charge in [0.15, 0.2) is 5.82 Å². The van der Waals surface area contributed by atoms with E-state index in [0.717, 1.165) is 5.56 Å². The molecule has 0 N–H and O–H groups in total. The van der Waals surface area contributed by atoms with Crippen molar-refractivity contribution in [2.75, 3.05) is 7.05 Å². The molecule has 0 unspecified atom stereocenters. The van der Waals surface area contributed by atoms with Crippen molar-refractivity contribution in [3.8, 4) is 5.69 Å². The monoisotopic (exact) mass is 307 g/mol. The lowest BCUT2D eigenvalue weighted by atomic mass is 10.1. The first-order valence-electron chi connectivity index (χ1n) is 7.30. The highest BCUT2D eigenvalue weighted by atomic mass is 16.2. The van der Waals surface area contributed by atoms with E-state index in [4.69, 9.17) is 0 Å². The minimum Gasteiger partial charge on any atom is -0.337 e. The van der Waals surface area contributed by atoms with Crippen molar-refractivity contribution in [2.24, 2.45) is 0 Å². The number of rotatable bonds is 4. The molecule has 1 amide bonds. The van der Waals surface area contributed by atoms with Gasteiger partial charge < -0.3 is 4.90 Å². The Morgan fingerprint density at radius 3 is 2.48 bits per heavy atom. The number of para-hydroxylation sites is 1. The number of nitrogens with zero attached hydrogens (tertiary/aromatic N) is 5. The number of carbonyl (C=O) groups excluding carboxylic acids is 1. The van der Waals surface area contributed by atoms with E-state index >= 15 is 0 Å². The molecule has 2 aromatic carbocycles. The number of tetrazole rings is 1. The van der Waals surface area contributed by atoms with Crippen LogP contribution in [-0.2, 0) is 6.54 Å². The van der Waals surface area contributed by atoms with Gasteiger partial charge in [-0.15, -0.1) is 5.10 Å². The lowest BCUT2D eigenvalue weighted by molar-refractivity contribution is 0.0785. The molecule has 0 atom stereocenters. The van der Waals surface area contributed by atoms with Crippen LogP contribution in [0.5, 0.6) is 0 Å². The molecule has 3 rings (SSSR count). The Bertz CT molecular complexity index is 813. The summed E-state index contributed by atoms with van der Waals surface area (Å²) in [5.41, 5.74) is 2.33. The molecule has 0 aliphatic heterocycles.